The molecule has 0 aliphatic rings. The number of ether oxygens (including phenoxy) is 1. The molecule has 2 heterocycles. The molecule has 1 aromatic carbocycles. The molecule has 1 N–H and O–H groups in total. The topological polar surface area (TPSA) is 94.1 Å². The Bertz CT molecular complexity index is 1070. The Balaban J connectivity index is 2.01. The molecular formula is C21H20N4O3. The molecule has 0 fully saturated rings. The summed E-state index contributed by atoms with van der Waals surface area (Å²) in [6, 6.07) is 8.64. The van der Waals surface area contributed by atoms with Crippen LogP contribution in [0.2, 0.25) is 0 Å². The van der Waals surface area contributed by atoms with E-state index in [0.717, 1.165) is 5.39 Å². The molecule has 2 aromatic heterocycles. The standard InChI is InChI=1S/C21H20N4O3/c1-5-18(26)24-16-8-10-22-15-7-6-13(12-14(15)16)19-23-11-9-17(25-19)20(27)28-21(2,3)4/h5-12H,1H2,2-4H3,(H,22,24,26). The number of carbonyl (C=O) groups excluding carboxylic acids is 2. The van der Waals surface area contributed by atoms with E-state index in [1.165, 1.54) is 18.3 Å². The van der Waals surface area contributed by atoms with E-state index in [1.54, 1.807) is 39.1 Å². The van der Waals surface area contributed by atoms with Gasteiger partial charge in [-0.05, 0) is 57.2 Å². The Morgan fingerprint density at radius 3 is 2.57 bits per heavy atom. The quantitative estimate of drug-likeness (QED) is 0.550. The van der Waals surface area contributed by atoms with Crippen molar-refractivity contribution in [2.45, 2.75) is 26.4 Å². The van der Waals surface area contributed by atoms with Crippen molar-refractivity contribution in [2.24, 2.45) is 0 Å². The lowest BCUT2D eigenvalue weighted by molar-refractivity contribution is -0.111. The molecule has 0 unspecified atom stereocenters. The number of carbonyl (C=O) groups is 2. The van der Waals surface area contributed by atoms with Crippen molar-refractivity contribution in [3.8, 4) is 11.4 Å². The molecule has 3 aromatic rings. The number of aromatic nitrogens is 3. The van der Waals surface area contributed by atoms with Crippen LogP contribution in [0.3, 0.4) is 0 Å². The monoisotopic (exact) mass is 376 g/mol. The Kier molecular flexibility index (Phi) is 5.17. The zero-order valence-corrected chi connectivity index (χ0v) is 15.9. The van der Waals surface area contributed by atoms with Gasteiger partial charge in [0.05, 0.1) is 11.2 Å². The van der Waals surface area contributed by atoms with Crippen molar-refractivity contribution < 1.29 is 14.3 Å². The maximum Gasteiger partial charge on any atom is 0.357 e. The van der Waals surface area contributed by atoms with E-state index < -0.39 is 11.6 Å². The van der Waals surface area contributed by atoms with Gasteiger partial charge in [0.2, 0.25) is 5.91 Å². The third kappa shape index (κ3) is 4.37. The van der Waals surface area contributed by atoms with Gasteiger partial charge in [-0.15, -0.1) is 0 Å². The number of hydrogen-bond donors (Lipinski definition) is 1. The Hall–Kier alpha value is -3.61. The second-order valence-electron chi connectivity index (χ2n) is 7.05. The molecule has 0 atom stereocenters. The summed E-state index contributed by atoms with van der Waals surface area (Å²) in [6.45, 7) is 8.84. The van der Waals surface area contributed by atoms with E-state index in [2.05, 4.69) is 26.8 Å². The Morgan fingerprint density at radius 2 is 1.86 bits per heavy atom. The first-order chi connectivity index (χ1) is 13.3. The van der Waals surface area contributed by atoms with Crippen LogP contribution in [0.15, 0.2) is 55.4 Å². The summed E-state index contributed by atoms with van der Waals surface area (Å²) < 4.78 is 5.36. The minimum absolute atomic E-state index is 0.173. The third-order valence-electron chi connectivity index (χ3n) is 3.71. The summed E-state index contributed by atoms with van der Waals surface area (Å²) in [6.07, 6.45) is 4.32. The fourth-order valence-corrected chi connectivity index (χ4v) is 2.52. The number of esters is 1. The van der Waals surface area contributed by atoms with Crippen molar-refractivity contribution in [2.75, 3.05) is 5.32 Å². The predicted octanol–water partition coefficient (Wildman–Crippen LogP) is 3.77. The molecule has 1 amide bonds. The average molecular weight is 376 g/mol. The number of nitrogens with zero attached hydrogens (tertiary/aromatic N) is 3. The van der Waals surface area contributed by atoms with Crippen LogP contribution in [0, 0.1) is 0 Å². The van der Waals surface area contributed by atoms with E-state index >= 15 is 0 Å². The van der Waals surface area contributed by atoms with Crippen LogP contribution in [0.1, 0.15) is 31.3 Å². The van der Waals surface area contributed by atoms with Crippen molar-refractivity contribution in [1.29, 1.82) is 0 Å². The molecule has 7 nitrogen and oxygen atoms in total. The van der Waals surface area contributed by atoms with E-state index in [-0.39, 0.29) is 11.6 Å². The number of pyridine rings is 1. The highest BCUT2D eigenvalue weighted by Crippen LogP contribution is 2.26. The van der Waals surface area contributed by atoms with E-state index in [4.69, 9.17) is 4.74 Å². The van der Waals surface area contributed by atoms with Crippen molar-refractivity contribution in [3.63, 3.8) is 0 Å². The summed E-state index contributed by atoms with van der Waals surface area (Å²) in [5.74, 6) is -0.464. The second-order valence-corrected chi connectivity index (χ2v) is 7.05. The van der Waals surface area contributed by atoms with Crippen LogP contribution < -0.4 is 5.32 Å². The number of anilines is 1. The number of benzene rings is 1. The van der Waals surface area contributed by atoms with Gasteiger partial charge in [0, 0.05) is 23.3 Å². The van der Waals surface area contributed by atoms with Gasteiger partial charge < -0.3 is 10.1 Å². The fraction of sp³-hybridized carbons (Fsp3) is 0.190. The van der Waals surface area contributed by atoms with Crippen molar-refractivity contribution >= 4 is 28.5 Å². The fourth-order valence-electron chi connectivity index (χ4n) is 2.52. The minimum Gasteiger partial charge on any atom is -0.455 e. The van der Waals surface area contributed by atoms with Crippen LogP contribution >= 0.6 is 0 Å². The van der Waals surface area contributed by atoms with Crippen molar-refractivity contribution in [3.05, 3.63) is 61.1 Å². The highest BCUT2D eigenvalue weighted by Gasteiger charge is 2.19. The van der Waals surface area contributed by atoms with Gasteiger partial charge in [0.25, 0.3) is 0 Å². The summed E-state index contributed by atoms with van der Waals surface area (Å²) in [4.78, 5) is 36.9. The maximum absolute atomic E-state index is 12.3. The van der Waals surface area contributed by atoms with Crippen LogP contribution in [0.4, 0.5) is 5.69 Å². The average Bonchev–Trinajstić information content (AvgIpc) is 2.66. The lowest BCUT2D eigenvalue weighted by Gasteiger charge is -2.19. The predicted molar refractivity (Wildman–Crippen MR) is 107 cm³/mol. The molecular weight excluding hydrogens is 356 g/mol. The molecule has 7 heteroatoms. The van der Waals surface area contributed by atoms with Crippen LogP contribution in [0.25, 0.3) is 22.3 Å². The van der Waals surface area contributed by atoms with Crippen LogP contribution in [0.5, 0.6) is 0 Å². The zero-order chi connectivity index (χ0) is 20.3. The number of rotatable bonds is 4. The second kappa shape index (κ2) is 7.56. The maximum atomic E-state index is 12.3. The molecule has 28 heavy (non-hydrogen) atoms. The van der Waals surface area contributed by atoms with Gasteiger partial charge in [0.1, 0.15) is 5.60 Å². The molecule has 142 valence electrons. The largest absolute Gasteiger partial charge is 0.455 e. The summed E-state index contributed by atoms with van der Waals surface area (Å²) in [5.41, 5.74) is 1.54. The van der Waals surface area contributed by atoms with Gasteiger partial charge >= 0.3 is 5.97 Å². The first kappa shape index (κ1) is 19.2. The number of amides is 1. The number of fused-ring (bicyclic) bond motifs is 1. The molecule has 0 radical (unpaired) electrons. The molecule has 0 bridgehead atoms. The van der Waals surface area contributed by atoms with Crippen LogP contribution in [-0.2, 0) is 9.53 Å². The summed E-state index contributed by atoms with van der Waals surface area (Å²) >= 11 is 0. The summed E-state index contributed by atoms with van der Waals surface area (Å²) in [5, 5.41) is 3.48. The van der Waals surface area contributed by atoms with E-state index in [0.29, 0.717) is 22.6 Å². The molecule has 3 rings (SSSR count). The first-order valence-electron chi connectivity index (χ1n) is 8.66. The van der Waals surface area contributed by atoms with E-state index in [1.807, 2.05) is 12.1 Å². The van der Waals surface area contributed by atoms with Gasteiger partial charge in [-0.3, -0.25) is 9.78 Å². The van der Waals surface area contributed by atoms with Gasteiger partial charge in [0.15, 0.2) is 11.5 Å². The smallest absolute Gasteiger partial charge is 0.357 e. The highest BCUT2D eigenvalue weighted by atomic mass is 16.6. The lowest BCUT2D eigenvalue weighted by atomic mass is 10.1. The van der Waals surface area contributed by atoms with Gasteiger partial charge in [-0.1, -0.05) is 6.58 Å². The van der Waals surface area contributed by atoms with E-state index in [9.17, 15) is 9.59 Å². The normalized spacial score (nSPS) is 11.1. The number of hydrogen-bond acceptors (Lipinski definition) is 6. The zero-order valence-electron chi connectivity index (χ0n) is 15.9. The Labute approximate surface area is 162 Å². The summed E-state index contributed by atoms with van der Waals surface area (Å²) in [7, 11) is 0. The molecule has 0 spiro atoms. The molecule has 0 saturated carbocycles. The molecule has 0 saturated heterocycles. The van der Waals surface area contributed by atoms with Crippen molar-refractivity contribution in [1.82, 2.24) is 15.0 Å². The Morgan fingerprint density at radius 1 is 1.11 bits per heavy atom. The third-order valence-corrected chi connectivity index (χ3v) is 3.71. The minimum atomic E-state index is -0.616. The highest BCUT2D eigenvalue weighted by molar-refractivity contribution is 6.05. The van der Waals surface area contributed by atoms with Gasteiger partial charge in [-0.2, -0.15) is 0 Å². The number of nitrogens with one attached hydrogen (secondary N) is 1. The molecule has 0 aliphatic carbocycles. The van der Waals surface area contributed by atoms with Crippen LogP contribution in [-0.4, -0.2) is 32.4 Å². The van der Waals surface area contributed by atoms with Gasteiger partial charge in [-0.25, -0.2) is 14.8 Å². The molecule has 0 aliphatic heterocycles. The SMILES string of the molecule is C=CC(=O)Nc1ccnc2ccc(-c3nccc(C(=O)OC(C)(C)C)n3)cc12. The lowest BCUT2D eigenvalue weighted by Crippen LogP contribution is -2.24. The first-order valence-corrected chi connectivity index (χ1v) is 8.66.